The van der Waals surface area contributed by atoms with Gasteiger partial charge >= 0.3 is 0 Å². The van der Waals surface area contributed by atoms with E-state index in [2.05, 4.69) is 27.9 Å². The minimum Gasteiger partial charge on any atom is -0.352 e. The van der Waals surface area contributed by atoms with Crippen molar-refractivity contribution in [3.05, 3.63) is 86.0 Å². The summed E-state index contributed by atoms with van der Waals surface area (Å²) >= 11 is 3.16. The summed E-state index contributed by atoms with van der Waals surface area (Å²) in [6, 6.07) is 15.3. The zero-order valence-electron chi connectivity index (χ0n) is 13.1. The van der Waals surface area contributed by atoms with Crippen molar-refractivity contribution in [2.24, 2.45) is 0 Å². The van der Waals surface area contributed by atoms with Gasteiger partial charge in [-0.25, -0.2) is 8.78 Å². The molecule has 3 aromatic rings. The molecule has 1 N–H and O–H groups in total. The fraction of sp³-hybridized carbons (Fsp3) is 0. The molecule has 0 aliphatic rings. The summed E-state index contributed by atoms with van der Waals surface area (Å²) in [7, 11) is 0. The van der Waals surface area contributed by atoms with Gasteiger partial charge in [0.25, 0.3) is 5.69 Å². The van der Waals surface area contributed by atoms with Crippen molar-refractivity contribution in [2.75, 3.05) is 5.32 Å². The zero-order chi connectivity index (χ0) is 18.7. The van der Waals surface area contributed by atoms with Gasteiger partial charge in [0, 0.05) is 8.47 Å². The molecule has 0 aliphatic heterocycles. The number of anilines is 2. The average Bonchev–Trinajstić information content (AvgIpc) is 2.60. The number of nitro benzene ring substituents is 1. The van der Waals surface area contributed by atoms with Crippen LogP contribution in [-0.2, 0) is 0 Å². The molecule has 132 valence electrons. The van der Waals surface area contributed by atoms with Gasteiger partial charge in [-0.2, -0.15) is 0 Å². The lowest BCUT2D eigenvalue weighted by atomic mass is 10.2. The summed E-state index contributed by atoms with van der Waals surface area (Å²) < 4.78 is 28.6. The number of nitro groups is 1. The maximum atomic E-state index is 14.4. The minimum absolute atomic E-state index is 0.245. The molecular weight excluding hydrogens is 473 g/mol. The highest BCUT2D eigenvalue weighted by molar-refractivity contribution is 14.1. The summed E-state index contributed by atoms with van der Waals surface area (Å²) in [5.74, 6) is -1.18. The molecule has 0 aromatic heterocycles. The molecule has 0 bridgehead atoms. The van der Waals surface area contributed by atoms with Crippen molar-refractivity contribution in [1.29, 1.82) is 0 Å². The van der Waals surface area contributed by atoms with E-state index in [9.17, 15) is 18.9 Å². The number of hydrogen-bond donors (Lipinski definition) is 1. The van der Waals surface area contributed by atoms with E-state index in [4.69, 9.17) is 0 Å². The lowest BCUT2D eigenvalue weighted by Crippen LogP contribution is -1.96. The molecule has 0 saturated heterocycles. The van der Waals surface area contributed by atoms with Crippen LogP contribution in [0, 0.1) is 25.3 Å². The van der Waals surface area contributed by atoms with Gasteiger partial charge in [0.15, 0.2) is 0 Å². The summed E-state index contributed by atoms with van der Waals surface area (Å²) in [5, 5.41) is 14.1. The molecule has 0 fully saturated rings. The highest BCUT2D eigenvalue weighted by Crippen LogP contribution is 2.36. The predicted molar refractivity (Wildman–Crippen MR) is 106 cm³/mol. The average molecular weight is 484 g/mol. The molecule has 0 saturated carbocycles. The Morgan fingerprint density at radius 2 is 1.77 bits per heavy atom. The number of nitrogens with one attached hydrogen (secondary N) is 1. The Kier molecular flexibility index (Phi) is 5.72. The predicted octanol–water partition coefficient (Wildman–Crippen LogP) is 6.37. The van der Waals surface area contributed by atoms with E-state index in [1.165, 1.54) is 12.1 Å². The SMILES string of the molecule is O=[N+]([O-])c1cc(F)ccc1Sc1ccc(Nc2ccccc2I)c(F)c1. The Morgan fingerprint density at radius 1 is 1.00 bits per heavy atom. The van der Waals surface area contributed by atoms with E-state index in [1.54, 1.807) is 12.1 Å². The third kappa shape index (κ3) is 4.31. The van der Waals surface area contributed by atoms with Crippen molar-refractivity contribution in [3.63, 3.8) is 0 Å². The molecule has 0 atom stereocenters. The third-order valence-corrected chi connectivity index (χ3v) is 5.42. The Hall–Kier alpha value is -2.20. The highest BCUT2D eigenvalue weighted by Gasteiger charge is 2.16. The van der Waals surface area contributed by atoms with Crippen molar-refractivity contribution in [2.45, 2.75) is 9.79 Å². The molecule has 0 aliphatic carbocycles. The van der Waals surface area contributed by atoms with Crippen molar-refractivity contribution >= 4 is 51.4 Å². The van der Waals surface area contributed by atoms with Gasteiger partial charge < -0.3 is 5.32 Å². The lowest BCUT2D eigenvalue weighted by Gasteiger charge is -2.10. The second-order valence-corrected chi connectivity index (χ2v) is 7.50. The molecule has 0 unspecified atom stereocenters. The molecule has 0 amide bonds. The van der Waals surface area contributed by atoms with Crippen LogP contribution < -0.4 is 5.32 Å². The Bertz CT molecular complexity index is 985. The van der Waals surface area contributed by atoms with E-state index >= 15 is 0 Å². The minimum atomic E-state index is -0.691. The normalized spacial score (nSPS) is 10.6. The van der Waals surface area contributed by atoms with Gasteiger partial charge in [0.05, 0.1) is 27.3 Å². The third-order valence-electron chi connectivity index (χ3n) is 3.43. The van der Waals surface area contributed by atoms with Crippen molar-refractivity contribution < 1.29 is 13.7 Å². The maximum absolute atomic E-state index is 14.4. The standard InChI is InChI=1S/C18H11F2IN2O2S/c19-11-5-8-18(17(9-11)23(24)25)26-12-6-7-15(13(20)10-12)22-16-4-2-1-3-14(16)21/h1-10,22H. The highest BCUT2D eigenvalue weighted by atomic mass is 127. The van der Waals surface area contributed by atoms with Gasteiger partial charge in [-0.15, -0.1) is 0 Å². The largest absolute Gasteiger partial charge is 0.352 e. The van der Waals surface area contributed by atoms with Gasteiger partial charge in [-0.1, -0.05) is 23.9 Å². The van der Waals surface area contributed by atoms with E-state index in [0.717, 1.165) is 33.2 Å². The quantitative estimate of drug-likeness (QED) is 0.260. The van der Waals surface area contributed by atoms with Crippen LogP contribution in [0.3, 0.4) is 0 Å². The van der Waals surface area contributed by atoms with Crippen LogP contribution in [0.5, 0.6) is 0 Å². The molecular formula is C18H11F2IN2O2S. The van der Waals surface area contributed by atoms with Gasteiger partial charge in [-0.3, -0.25) is 10.1 Å². The first kappa shape index (κ1) is 18.6. The van der Waals surface area contributed by atoms with E-state index in [1.807, 2.05) is 24.3 Å². The van der Waals surface area contributed by atoms with E-state index in [0.29, 0.717) is 10.6 Å². The van der Waals surface area contributed by atoms with Crippen LogP contribution >= 0.6 is 34.4 Å². The smallest absolute Gasteiger partial charge is 0.286 e. The Balaban J connectivity index is 1.85. The van der Waals surface area contributed by atoms with Crippen LogP contribution in [0.25, 0.3) is 0 Å². The first-order valence-electron chi connectivity index (χ1n) is 7.37. The van der Waals surface area contributed by atoms with Crippen molar-refractivity contribution in [1.82, 2.24) is 0 Å². The van der Waals surface area contributed by atoms with Crippen LogP contribution in [0.4, 0.5) is 25.8 Å². The van der Waals surface area contributed by atoms with Crippen LogP contribution in [0.15, 0.2) is 70.5 Å². The first-order valence-corrected chi connectivity index (χ1v) is 9.26. The fourth-order valence-corrected chi connectivity index (χ4v) is 3.66. The molecule has 3 aromatic carbocycles. The topological polar surface area (TPSA) is 55.2 Å². The number of halogens is 3. The number of rotatable bonds is 5. The molecule has 0 heterocycles. The lowest BCUT2D eigenvalue weighted by molar-refractivity contribution is -0.387. The van der Waals surface area contributed by atoms with Crippen molar-refractivity contribution in [3.8, 4) is 0 Å². The summed E-state index contributed by atoms with van der Waals surface area (Å²) in [4.78, 5) is 11.1. The number of nitrogens with zero attached hydrogens (tertiary/aromatic N) is 1. The first-order chi connectivity index (χ1) is 12.4. The number of para-hydroxylation sites is 1. The second-order valence-electron chi connectivity index (χ2n) is 5.22. The van der Waals surface area contributed by atoms with Gasteiger partial charge in [-0.05, 0) is 65.1 Å². The van der Waals surface area contributed by atoms with Gasteiger partial charge in [0.1, 0.15) is 11.6 Å². The molecule has 8 heteroatoms. The molecule has 0 spiro atoms. The van der Waals surface area contributed by atoms with Crippen LogP contribution in [-0.4, -0.2) is 4.92 Å². The molecule has 0 radical (unpaired) electrons. The Morgan fingerprint density at radius 3 is 2.46 bits per heavy atom. The molecule has 4 nitrogen and oxygen atoms in total. The van der Waals surface area contributed by atoms with E-state index < -0.39 is 16.6 Å². The maximum Gasteiger partial charge on any atom is 0.286 e. The summed E-state index contributed by atoms with van der Waals surface area (Å²) in [6.07, 6.45) is 0. The molecule has 3 rings (SSSR count). The van der Waals surface area contributed by atoms with E-state index in [-0.39, 0.29) is 10.6 Å². The molecule has 26 heavy (non-hydrogen) atoms. The van der Waals surface area contributed by atoms with Gasteiger partial charge in [0.2, 0.25) is 0 Å². The zero-order valence-corrected chi connectivity index (χ0v) is 16.1. The summed E-state index contributed by atoms with van der Waals surface area (Å²) in [5.41, 5.74) is 0.727. The monoisotopic (exact) mass is 484 g/mol. The second kappa shape index (κ2) is 8.00. The fourth-order valence-electron chi connectivity index (χ4n) is 2.21. The van der Waals surface area contributed by atoms with Crippen LogP contribution in [0.1, 0.15) is 0 Å². The number of benzene rings is 3. The van der Waals surface area contributed by atoms with Crippen LogP contribution in [0.2, 0.25) is 0 Å². The summed E-state index contributed by atoms with van der Waals surface area (Å²) in [6.45, 7) is 0. The Labute approximate surface area is 165 Å². The number of hydrogen-bond acceptors (Lipinski definition) is 4.